The molecule has 4 heteroatoms. The Labute approximate surface area is 94.6 Å². The minimum atomic E-state index is -0.238. The highest BCUT2D eigenvalue weighted by molar-refractivity contribution is 5.70. The summed E-state index contributed by atoms with van der Waals surface area (Å²) in [5.74, 6) is -0.238. The van der Waals surface area contributed by atoms with Crippen LogP contribution in [-0.2, 0) is 20.9 Å². The quantitative estimate of drug-likeness (QED) is 0.770. The van der Waals surface area contributed by atoms with Crippen molar-refractivity contribution in [1.82, 2.24) is 0 Å². The number of nitrogens with one attached hydrogen (secondary N) is 1. The Balaban J connectivity index is 1.99. The number of fused-ring (bicyclic) bond motifs is 1. The van der Waals surface area contributed by atoms with Crippen molar-refractivity contribution in [3.63, 3.8) is 0 Å². The maximum Gasteiger partial charge on any atom is 0.308 e. The lowest BCUT2D eigenvalue weighted by Gasteiger charge is -2.13. The van der Waals surface area contributed by atoms with E-state index in [-0.39, 0.29) is 18.5 Å². The molecule has 1 N–H and O–H groups in total. The third-order valence-corrected chi connectivity index (χ3v) is 2.63. The van der Waals surface area contributed by atoms with Crippen LogP contribution in [-0.4, -0.2) is 25.7 Å². The van der Waals surface area contributed by atoms with E-state index in [0.29, 0.717) is 13.2 Å². The fourth-order valence-electron chi connectivity index (χ4n) is 1.71. The number of anilines is 1. The van der Waals surface area contributed by atoms with Gasteiger partial charge in [0.2, 0.25) is 0 Å². The first-order chi connectivity index (χ1) is 7.79. The van der Waals surface area contributed by atoms with Crippen LogP contribution in [0.4, 0.5) is 5.69 Å². The van der Waals surface area contributed by atoms with Crippen LogP contribution in [0.3, 0.4) is 0 Å². The molecule has 0 spiro atoms. The van der Waals surface area contributed by atoms with Crippen LogP contribution in [0, 0.1) is 0 Å². The normalized spacial score (nSPS) is 19.2. The molecule has 1 atom stereocenters. The number of hydrogen-bond donors (Lipinski definition) is 1. The molecular formula is C12H15NO3. The largest absolute Gasteiger partial charge is 0.469 e. The molecule has 16 heavy (non-hydrogen) atoms. The molecule has 0 aliphatic carbocycles. The number of benzene rings is 1. The Kier molecular flexibility index (Phi) is 3.41. The topological polar surface area (TPSA) is 47.6 Å². The second-order valence-corrected chi connectivity index (χ2v) is 3.75. The Morgan fingerprint density at radius 1 is 1.56 bits per heavy atom. The van der Waals surface area contributed by atoms with Gasteiger partial charge in [-0.05, 0) is 6.07 Å². The van der Waals surface area contributed by atoms with Crippen molar-refractivity contribution in [3.05, 3.63) is 29.8 Å². The standard InChI is InChI=1S/C12H15NO3/c1-15-12(14)6-10-7-13-11-5-3-2-4-9(11)8-16-10/h2-5,10,13H,6-8H2,1H3. The van der Waals surface area contributed by atoms with Gasteiger partial charge in [-0.25, -0.2) is 0 Å². The van der Waals surface area contributed by atoms with Crippen molar-refractivity contribution in [2.45, 2.75) is 19.1 Å². The van der Waals surface area contributed by atoms with Gasteiger partial charge in [-0.2, -0.15) is 0 Å². The van der Waals surface area contributed by atoms with Crippen molar-refractivity contribution < 1.29 is 14.3 Å². The summed E-state index contributed by atoms with van der Waals surface area (Å²) in [6.07, 6.45) is 0.164. The number of methoxy groups -OCH3 is 1. The molecule has 1 aromatic rings. The number of carbonyl (C=O) groups is 1. The number of ether oxygens (including phenoxy) is 2. The smallest absolute Gasteiger partial charge is 0.308 e. The van der Waals surface area contributed by atoms with Crippen LogP contribution in [0.25, 0.3) is 0 Å². The molecule has 1 aliphatic rings. The second-order valence-electron chi connectivity index (χ2n) is 3.75. The molecule has 1 aromatic carbocycles. The second kappa shape index (κ2) is 4.99. The first-order valence-corrected chi connectivity index (χ1v) is 5.30. The van der Waals surface area contributed by atoms with Crippen molar-refractivity contribution in [1.29, 1.82) is 0 Å². The van der Waals surface area contributed by atoms with E-state index in [9.17, 15) is 4.79 Å². The SMILES string of the molecule is COC(=O)CC1CNc2ccccc2CO1. The minimum Gasteiger partial charge on any atom is -0.469 e. The van der Waals surface area contributed by atoms with Gasteiger partial charge < -0.3 is 14.8 Å². The maximum atomic E-state index is 11.1. The molecule has 0 bridgehead atoms. The van der Waals surface area contributed by atoms with Gasteiger partial charge in [-0.1, -0.05) is 18.2 Å². The first-order valence-electron chi connectivity index (χ1n) is 5.30. The number of carbonyl (C=O) groups excluding carboxylic acids is 1. The predicted molar refractivity (Wildman–Crippen MR) is 60.1 cm³/mol. The molecule has 1 aliphatic heterocycles. The van der Waals surface area contributed by atoms with Crippen LogP contribution >= 0.6 is 0 Å². The lowest BCUT2D eigenvalue weighted by Crippen LogP contribution is -2.24. The summed E-state index contributed by atoms with van der Waals surface area (Å²) in [5.41, 5.74) is 2.20. The zero-order valence-corrected chi connectivity index (χ0v) is 9.23. The summed E-state index contributed by atoms with van der Waals surface area (Å²) in [5, 5.41) is 3.27. The van der Waals surface area contributed by atoms with Gasteiger partial charge in [0.05, 0.1) is 26.2 Å². The molecular weight excluding hydrogens is 206 g/mol. The molecule has 4 nitrogen and oxygen atoms in total. The first kappa shape index (κ1) is 11.0. The predicted octanol–water partition coefficient (Wildman–Crippen LogP) is 1.56. The Morgan fingerprint density at radius 2 is 2.38 bits per heavy atom. The van der Waals surface area contributed by atoms with Crippen LogP contribution in [0.2, 0.25) is 0 Å². The summed E-state index contributed by atoms with van der Waals surface area (Å²) in [7, 11) is 1.39. The lowest BCUT2D eigenvalue weighted by molar-refractivity contribution is -0.143. The highest BCUT2D eigenvalue weighted by Gasteiger charge is 2.18. The average molecular weight is 221 g/mol. The summed E-state index contributed by atoms with van der Waals surface area (Å²) < 4.78 is 10.3. The minimum absolute atomic E-state index is 0.125. The van der Waals surface area contributed by atoms with E-state index >= 15 is 0 Å². The zero-order chi connectivity index (χ0) is 11.4. The summed E-state index contributed by atoms with van der Waals surface area (Å²) in [6, 6.07) is 7.99. The van der Waals surface area contributed by atoms with Gasteiger partial charge in [-0.15, -0.1) is 0 Å². The number of esters is 1. The molecule has 1 unspecified atom stereocenters. The van der Waals surface area contributed by atoms with Gasteiger partial charge in [0.25, 0.3) is 0 Å². The summed E-state index contributed by atoms with van der Waals surface area (Å²) in [4.78, 5) is 11.1. The van der Waals surface area contributed by atoms with Gasteiger partial charge >= 0.3 is 5.97 Å². The third kappa shape index (κ3) is 2.52. The van der Waals surface area contributed by atoms with E-state index in [1.54, 1.807) is 0 Å². The van der Waals surface area contributed by atoms with Gasteiger partial charge in [0.1, 0.15) is 0 Å². The Morgan fingerprint density at radius 3 is 3.19 bits per heavy atom. The van der Waals surface area contributed by atoms with Crippen LogP contribution in [0.15, 0.2) is 24.3 Å². The zero-order valence-electron chi connectivity index (χ0n) is 9.23. The number of rotatable bonds is 2. The maximum absolute atomic E-state index is 11.1. The van der Waals surface area contributed by atoms with Crippen molar-refractivity contribution >= 4 is 11.7 Å². The van der Waals surface area contributed by atoms with Crippen molar-refractivity contribution in [3.8, 4) is 0 Å². The van der Waals surface area contributed by atoms with E-state index in [1.165, 1.54) is 7.11 Å². The number of para-hydroxylation sites is 1. The number of hydrogen-bond acceptors (Lipinski definition) is 4. The third-order valence-electron chi connectivity index (χ3n) is 2.63. The van der Waals surface area contributed by atoms with Gasteiger partial charge in [0.15, 0.2) is 0 Å². The fraction of sp³-hybridized carbons (Fsp3) is 0.417. The average Bonchev–Trinajstić information content (AvgIpc) is 2.52. The molecule has 0 radical (unpaired) electrons. The lowest BCUT2D eigenvalue weighted by atomic mass is 10.2. The molecule has 0 saturated heterocycles. The van der Waals surface area contributed by atoms with Crippen LogP contribution < -0.4 is 5.32 Å². The van der Waals surface area contributed by atoms with E-state index in [1.807, 2.05) is 24.3 Å². The van der Waals surface area contributed by atoms with Crippen LogP contribution in [0.5, 0.6) is 0 Å². The van der Waals surface area contributed by atoms with Crippen molar-refractivity contribution in [2.24, 2.45) is 0 Å². The highest BCUT2D eigenvalue weighted by Crippen LogP contribution is 2.20. The monoisotopic (exact) mass is 221 g/mol. The molecule has 0 fully saturated rings. The van der Waals surface area contributed by atoms with Crippen molar-refractivity contribution in [2.75, 3.05) is 19.0 Å². The van der Waals surface area contributed by atoms with E-state index in [2.05, 4.69) is 10.1 Å². The van der Waals surface area contributed by atoms with E-state index in [4.69, 9.17) is 4.74 Å². The Hall–Kier alpha value is -1.55. The fourth-order valence-corrected chi connectivity index (χ4v) is 1.71. The molecule has 1 heterocycles. The van der Waals surface area contributed by atoms with Gasteiger partial charge in [0, 0.05) is 17.8 Å². The summed E-state index contributed by atoms with van der Waals surface area (Å²) in [6.45, 7) is 1.16. The molecule has 0 aromatic heterocycles. The highest BCUT2D eigenvalue weighted by atomic mass is 16.5. The van der Waals surface area contributed by atoms with E-state index < -0.39 is 0 Å². The van der Waals surface area contributed by atoms with Crippen LogP contribution in [0.1, 0.15) is 12.0 Å². The van der Waals surface area contributed by atoms with E-state index in [0.717, 1.165) is 11.3 Å². The molecule has 2 rings (SSSR count). The van der Waals surface area contributed by atoms with Gasteiger partial charge in [-0.3, -0.25) is 4.79 Å². The molecule has 86 valence electrons. The molecule has 0 amide bonds. The Bertz CT molecular complexity index is 351. The molecule has 0 saturated carbocycles. The summed E-state index contributed by atoms with van der Waals surface area (Å²) >= 11 is 0.